The molecule has 2 aromatic rings. The minimum Gasteiger partial charge on any atom is -0.508 e. The Morgan fingerprint density at radius 2 is 0.970 bits per heavy atom. The van der Waals surface area contributed by atoms with Crippen molar-refractivity contribution in [1.29, 1.82) is 0 Å². The van der Waals surface area contributed by atoms with Crippen LogP contribution in [-0.4, -0.2) is 10.2 Å². The summed E-state index contributed by atoms with van der Waals surface area (Å²) in [5.74, 6) is 2.06. The Labute approximate surface area is 220 Å². The van der Waals surface area contributed by atoms with E-state index in [-0.39, 0.29) is 26.2 Å². The summed E-state index contributed by atoms with van der Waals surface area (Å²) in [5.41, 5.74) is 4.58. The molecule has 174 valence electrons. The van der Waals surface area contributed by atoms with Crippen LogP contribution < -0.4 is 0 Å². The Kier molecular flexibility index (Phi) is 16.3. The SMILES string of the molecule is CC(C)C1=[C-]CC=C1.CC(C)C1=[C-]CC=C1.Cc1ccccc1O.Cc1ccccc1O.[Zr+2]. The van der Waals surface area contributed by atoms with Crippen LogP contribution in [0.2, 0.25) is 0 Å². The number of benzene rings is 2. The average molecular weight is 522 g/mol. The van der Waals surface area contributed by atoms with E-state index in [1.54, 1.807) is 12.1 Å². The molecular formula is C30H38O2Zr. The van der Waals surface area contributed by atoms with Gasteiger partial charge in [0.1, 0.15) is 11.5 Å². The summed E-state index contributed by atoms with van der Waals surface area (Å²) in [6.45, 7) is 12.5. The van der Waals surface area contributed by atoms with Gasteiger partial charge in [-0.1, -0.05) is 75.9 Å². The molecule has 0 saturated carbocycles. The fraction of sp³-hybridized carbons (Fsp3) is 0.333. The third kappa shape index (κ3) is 13.2. The second kappa shape index (κ2) is 17.4. The van der Waals surface area contributed by atoms with Gasteiger partial charge >= 0.3 is 26.2 Å². The van der Waals surface area contributed by atoms with Crippen molar-refractivity contribution in [3.63, 3.8) is 0 Å². The summed E-state index contributed by atoms with van der Waals surface area (Å²) in [4.78, 5) is 0. The van der Waals surface area contributed by atoms with Crippen LogP contribution >= 0.6 is 0 Å². The molecular weight excluding hydrogens is 484 g/mol. The van der Waals surface area contributed by atoms with Crippen molar-refractivity contribution in [3.05, 3.63) is 107 Å². The van der Waals surface area contributed by atoms with Crippen molar-refractivity contribution < 1.29 is 36.4 Å². The molecule has 33 heavy (non-hydrogen) atoms. The summed E-state index contributed by atoms with van der Waals surface area (Å²) < 4.78 is 0. The van der Waals surface area contributed by atoms with Crippen LogP contribution in [0.3, 0.4) is 0 Å². The fourth-order valence-corrected chi connectivity index (χ4v) is 2.76. The molecule has 0 atom stereocenters. The predicted molar refractivity (Wildman–Crippen MR) is 136 cm³/mol. The zero-order chi connectivity index (χ0) is 23.9. The first kappa shape index (κ1) is 30.9. The second-order valence-electron chi connectivity index (χ2n) is 8.36. The van der Waals surface area contributed by atoms with Gasteiger partial charge in [-0.2, -0.15) is 12.2 Å². The van der Waals surface area contributed by atoms with E-state index in [1.165, 1.54) is 11.1 Å². The second-order valence-corrected chi connectivity index (χ2v) is 8.36. The van der Waals surface area contributed by atoms with E-state index in [4.69, 9.17) is 10.2 Å². The van der Waals surface area contributed by atoms with Gasteiger partial charge in [-0.25, -0.2) is 23.3 Å². The minimum atomic E-state index is 0. The van der Waals surface area contributed by atoms with Crippen LogP contribution in [0.4, 0.5) is 0 Å². The molecule has 3 heteroatoms. The number of hydrogen-bond acceptors (Lipinski definition) is 2. The molecule has 0 unspecified atom stereocenters. The largest absolute Gasteiger partial charge is 2.00 e. The maximum absolute atomic E-state index is 8.92. The van der Waals surface area contributed by atoms with Crippen LogP contribution in [0.25, 0.3) is 0 Å². The van der Waals surface area contributed by atoms with Crippen LogP contribution in [-0.2, 0) is 26.2 Å². The van der Waals surface area contributed by atoms with Crippen LogP contribution in [0, 0.1) is 37.8 Å². The van der Waals surface area contributed by atoms with Crippen LogP contribution in [0.15, 0.2) is 84.0 Å². The van der Waals surface area contributed by atoms with E-state index in [0.717, 1.165) is 24.0 Å². The molecule has 0 aromatic heterocycles. The van der Waals surface area contributed by atoms with E-state index in [2.05, 4.69) is 64.2 Å². The number of aryl methyl sites for hydroxylation is 2. The van der Waals surface area contributed by atoms with Crippen molar-refractivity contribution in [1.82, 2.24) is 0 Å². The maximum Gasteiger partial charge on any atom is 2.00 e. The molecule has 4 rings (SSSR count). The third-order valence-corrected chi connectivity index (χ3v) is 4.92. The Hall–Kier alpha value is -2.12. The predicted octanol–water partition coefficient (Wildman–Crippen LogP) is 8.06. The van der Waals surface area contributed by atoms with Crippen molar-refractivity contribution >= 4 is 0 Å². The zero-order valence-electron chi connectivity index (χ0n) is 20.9. The van der Waals surface area contributed by atoms with E-state index in [0.29, 0.717) is 23.3 Å². The topological polar surface area (TPSA) is 40.5 Å². The Bertz CT molecular complexity index is 814. The van der Waals surface area contributed by atoms with Gasteiger partial charge in [0.25, 0.3) is 0 Å². The Morgan fingerprint density at radius 3 is 1.12 bits per heavy atom. The van der Waals surface area contributed by atoms with E-state index in [1.807, 2.05) is 50.2 Å². The molecule has 2 aromatic carbocycles. The number of hydrogen-bond donors (Lipinski definition) is 2. The number of phenolic OH excluding ortho intramolecular Hbond substituents is 2. The van der Waals surface area contributed by atoms with Crippen molar-refractivity contribution in [3.8, 4) is 11.5 Å². The number of phenols is 2. The van der Waals surface area contributed by atoms with Crippen molar-refractivity contribution in [2.24, 2.45) is 11.8 Å². The van der Waals surface area contributed by atoms with Gasteiger partial charge in [0.2, 0.25) is 0 Å². The number of para-hydroxylation sites is 2. The molecule has 2 nitrogen and oxygen atoms in total. The molecule has 0 aliphatic heterocycles. The van der Waals surface area contributed by atoms with Gasteiger partial charge in [-0.3, -0.25) is 12.2 Å². The van der Waals surface area contributed by atoms with Crippen molar-refractivity contribution in [2.75, 3.05) is 0 Å². The number of allylic oxidation sites excluding steroid dienone is 8. The van der Waals surface area contributed by atoms with E-state index >= 15 is 0 Å². The molecule has 0 spiro atoms. The van der Waals surface area contributed by atoms with Gasteiger partial charge < -0.3 is 10.2 Å². The third-order valence-electron chi connectivity index (χ3n) is 4.92. The monoisotopic (exact) mass is 520 g/mol. The molecule has 2 N–H and O–H groups in total. The van der Waals surface area contributed by atoms with Gasteiger partial charge in [0.15, 0.2) is 0 Å². The Balaban J connectivity index is 0.000000410. The molecule has 2 aliphatic rings. The summed E-state index contributed by atoms with van der Waals surface area (Å²) in [6, 6.07) is 14.5. The van der Waals surface area contributed by atoms with Gasteiger partial charge in [0, 0.05) is 0 Å². The standard InChI is InChI=1S/2C8H11.2C7H8O.Zr/c2*1-7(2)8-5-3-4-6-8;2*1-6-4-2-3-5-7(6)8;/h2*3,5,7H,4H2,1-2H3;2*2-5,8H,1H3;/q2*-1;;;+2. The number of rotatable bonds is 2. The van der Waals surface area contributed by atoms with Gasteiger partial charge in [-0.15, -0.1) is 12.8 Å². The summed E-state index contributed by atoms with van der Waals surface area (Å²) >= 11 is 0. The molecule has 0 radical (unpaired) electrons. The maximum atomic E-state index is 8.92. The van der Waals surface area contributed by atoms with Gasteiger partial charge in [-0.05, 0) is 37.1 Å². The summed E-state index contributed by atoms with van der Waals surface area (Å²) in [5, 5.41) is 17.8. The van der Waals surface area contributed by atoms with Gasteiger partial charge in [0.05, 0.1) is 0 Å². The van der Waals surface area contributed by atoms with E-state index in [9.17, 15) is 0 Å². The first-order chi connectivity index (χ1) is 15.2. The fourth-order valence-electron chi connectivity index (χ4n) is 2.76. The summed E-state index contributed by atoms with van der Waals surface area (Å²) in [6.07, 6.45) is 17.2. The summed E-state index contributed by atoms with van der Waals surface area (Å²) in [7, 11) is 0. The molecule has 0 heterocycles. The molecule has 2 aliphatic carbocycles. The molecule has 0 bridgehead atoms. The quantitative estimate of drug-likeness (QED) is 0.392. The normalized spacial score (nSPS) is 13.0. The minimum absolute atomic E-state index is 0. The molecule has 0 saturated heterocycles. The van der Waals surface area contributed by atoms with Crippen LogP contribution in [0.1, 0.15) is 51.7 Å². The van der Waals surface area contributed by atoms with Crippen LogP contribution in [0.5, 0.6) is 11.5 Å². The van der Waals surface area contributed by atoms with E-state index < -0.39 is 0 Å². The molecule has 0 amide bonds. The van der Waals surface area contributed by atoms with Crippen molar-refractivity contribution in [2.45, 2.75) is 54.4 Å². The zero-order valence-corrected chi connectivity index (χ0v) is 23.3. The number of aromatic hydroxyl groups is 2. The molecule has 0 fully saturated rings. The first-order valence-electron chi connectivity index (χ1n) is 11.3. The Morgan fingerprint density at radius 1 is 0.636 bits per heavy atom. The first-order valence-corrected chi connectivity index (χ1v) is 11.3. The average Bonchev–Trinajstić information content (AvgIpc) is 3.48. The smallest absolute Gasteiger partial charge is 0.508 e.